The summed E-state index contributed by atoms with van der Waals surface area (Å²) in [5.41, 5.74) is -0.0549. The van der Waals surface area contributed by atoms with Crippen LogP contribution < -0.4 is 0 Å². The number of benzene rings is 1. The van der Waals surface area contributed by atoms with Crippen molar-refractivity contribution in [2.24, 2.45) is 5.92 Å². The molecule has 1 unspecified atom stereocenters. The number of carbonyl (C=O) groups excluding carboxylic acids is 1. The van der Waals surface area contributed by atoms with Crippen molar-refractivity contribution in [1.29, 1.82) is 0 Å². The highest BCUT2D eigenvalue weighted by Crippen LogP contribution is 2.29. The first kappa shape index (κ1) is 18.4. The molecule has 0 radical (unpaired) electrons. The van der Waals surface area contributed by atoms with Gasteiger partial charge in [-0.05, 0) is 34.0 Å². The van der Waals surface area contributed by atoms with Crippen molar-refractivity contribution in [3.8, 4) is 0 Å². The minimum atomic E-state index is -4.15. The Morgan fingerprint density at radius 2 is 2.05 bits per heavy atom. The standard InChI is InChI=1S/C13H16BrClFNO3S/c1-4-8(2)7-17(3)13(18)9-5-10(16)12(14)11(6-9)21(15,19)20/h5-6,8H,4,7H2,1-3H3. The van der Waals surface area contributed by atoms with Crippen LogP contribution in [0, 0.1) is 11.7 Å². The Balaban J connectivity index is 3.20. The molecule has 1 aromatic rings. The van der Waals surface area contributed by atoms with E-state index in [0.717, 1.165) is 18.6 Å². The molecule has 0 aliphatic rings. The third-order valence-electron chi connectivity index (χ3n) is 3.13. The third kappa shape index (κ3) is 4.66. The Kier molecular flexibility index (Phi) is 6.19. The Labute approximate surface area is 136 Å². The van der Waals surface area contributed by atoms with Gasteiger partial charge in [0.05, 0.1) is 4.47 Å². The first-order chi connectivity index (χ1) is 9.57. The van der Waals surface area contributed by atoms with Crippen molar-refractivity contribution in [2.45, 2.75) is 25.2 Å². The molecule has 1 aromatic carbocycles. The normalized spacial score (nSPS) is 13.0. The van der Waals surface area contributed by atoms with Crippen LogP contribution >= 0.6 is 26.6 Å². The molecule has 0 aliphatic carbocycles. The van der Waals surface area contributed by atoms with Gasteiger partial charge in [0.1, 0.15) is 10.7 Å². The molecule has 4 nitrogen and oxygen atoms in total. The Bertz CT molecular complexity index is 651. The molecule has 0 aromatic heterocycles. The summed E-state index contributed by atoms with van der Waals surface area (Å²) in [6, 6.07) is 2.07. The third-order valence-corrected chi connectivity index (χ3v) is 5.55. The molecule has 1 rings (SSSR count). The molecule has 118 valence electrons. The molecule has 8 heteroatoms. The fraction of sp³-hybridized carbons (Fsp3) is 0.462. The molecule has 1 amide bonds. The smallest absolute Gasteiger partial charge is 0.262 e. The zero-order valence-corrected chi connectivity index (χ0v) is 15.0. The van der Waals surface area contributed by atoms with Crippen LogP contribution in [0.25, 0.3) is 0 Å². The number of halogens is 3. The second-order valence-electron chi connectivity index (χ2n) is 4.91. The second-order valence-corrected chi connectivity index (χ2v) is 8.23. The summed E-state index contributed by atoms with van der Waals surface area (Å²) in [6.07, 6.45) is 0.896. The lowest BCUT2D eigenvalue weighted by Crippen LogP contribution is -2.31. The van der Waals surface area contributed by atoms with Crippen LogP contribution in [0.1, 0.15) is 30.6 Å². The average molecular weight is 401 g/mol. The molecule has 0 saturated carbocycles. The van der Waals surface area contributed by atoms with Gasteiger partial charge in [-0.1, -0.05) is 20.3 Å². The summed E-state index contributed by atoms with van der Waals surface area (Å²) in [6.45, 7) is 4.48. The minimum absolute atomic E-state index is 0.0549. The Hall–Kier alpha value is -0.660. The summed E-state index contributed by atoms with van der Waals surface area (Å²) >= 11 is 2.82. The highest BCUT2D eigenvalue weighted by molar-refractivity contribution is 9.10. The predicted molar refractivity (Wildman–Crippen MR) is 83.6 cm³/mol. The number of carbonyl (C=O) groups is 1. The predicted octanol–water partition coefficient (Wildman–Crippen LogP) is 3.63. The van der Waals surface area contributed by atoms with Crippen LogP contribution in [-0.4, -0.2) is 32.8 Å². The van der Waals surface area contributed by atoms with Crippen molar-refractivity contribution >= 4 is 41.6 Å². The summed E-state index contributed by atoms with van der Waals surface area (Å²) in [7, 11) is 2.69. The van der Waals surface area contributed by atoms with E-state index < -0.39 is 25.7 Å². The van der Waals surface area contributed by atoms with Crippen molar-refractivity contribution in [2.75, 3.05) is 13.6 Å². The van der Waals surface area contributed by atoms with Gasteiger partial charge in [0.15, 0.2) is 0 Å². The van der Waals surface area contributed by atoms with Gasteiger partial charge in [-0.25, -0.2) is 12.8 Å². The van der Waals surface area contributed by atoms with E-state index in [-0.39, 0.29) is 16.0 Å². The molecule has 0 heterocycles. The molecule has 21 heavy (non-hydrogen) atoms. The van der Waals surface area contributed by atoms with Gasteiger partial charge in [-0.15, -0.1) is 0 Å². The maximum atomic E-state index is 13.8. The van der Waals surface area contributed by atoms with E-state index in [9.17, 15) is 17.6 Å². The molecule has 0 saturated heterocycles. The van der Waals surface area contributed by atoms with Crippen LogP contribution in [0.4, 0.5) is 4.39 Å². The van der Waals surface area contributed by atoms with E-state index in [2.05, 4.69) is 15.9 Å². The van der Waals surface area contributed by atoms with Crippen molar-refractivity contribution in [1.82, 2.24) is 4.90 Å². The minimum Gasteiger partial charge on any atom is -0.341 e. The van der Waals surface area contributed by atoms with Crippen molar-refractivity contribution in [3.63, 3.8) is 0 Å². The van der Waals surface area contributed by atoms with Crippen LogP contribution in [0.5, 0.6) is 0 Å². The summed E-state index contributed by atoms with van der Waals surface area (Å²) in [5, 5.41) is 0. The molecule has 0 spiro atoms. The monoisotopic (exact) mass is 399 g/mol. The number of nitrogens with zero attached hydrogens (tertiary/aromatic N) is 1. The van der Waals surface area contributed by atoms with Gasteiger partial charge in [-0.2, -0.15) is 0 Å². The quantitative estimate of drug-likeness (QED) is 0.709. The molecular weight excluding hydrogens is 385 g/mol. The first-order valence-electron chi connectivity index (χ1n) is 6.27. The van der Waals surface area contributed by atoms with E-state index >= 15 is 0 Å². The van der Waals surface area contributed by atoms with Gasteiger partial charge in [0.2, 0.25) is 0 Å². The van der Waals surface area contributed by atoms with E-state index in [1.807, 2.05) is 13.8 Å². The highest BCUT2D eigenvalue weighted by Gasteiger charge is 2.23. The lowest BCUT2D eigenvalue weighted by atomic mass is 10.1. The second kappa shape index (κ2) is 7.07. The number of hydrogen-bond acceptors (Lipinski definition) is 3. The number of amides is 1. The summed E-state index contributed by atoms with van der Waals surface area (Å²) < 4.78 is 36.3. The fourth-order valence-corrected chi connectivity index (χ4v) is 3.86. The van der Waals surface area contributed by atoms with Crippen LogP contribution in [0.3, 0.4) is 0 Å². The van der Waals surface area contributed by atoms with Crippen LogP contribution in [0.15, 0.2) is 21.5 Å². The topological polar surface area (TPSA) is 54.5 Å². The summed E-state index contributed by atoms with van der Waals surface area (Å²) in [4.78, 5) is 13.2. The maximum Gasteiger partial charge on any atom is 0.262 e. The largest absolute Gasteiger partial charge is 0.341 e. The average Bonchev–Trinajstić information content (AvgIpc) is 2.39. The lowest BCUT2D eigenvalue weighted by Gasteiger charge is -2.21. The lowest BCUT2D eigenvalue weighted by molar-refractivity contribution is 0.0774. The summed E-state index contributed by atoms with van der Waals surface area (Å²) in [5.74, 6) is -1.02. The van der Waals surface area contributed by atoms with E-state index in [1.165, 1.54) is 4.90 Å². The molecule has 0 aliphatic heterocycles. The van der Waals surface area contributed by atoms with E-state index in [4.69, 9.17) is 10.7 Å². The zero-order valence-electron chi connectivity index (χ0n) is 11.9. The number of hydrogen-bond donors (Lipinski definition) is 0. The van der Waals surface area contributed by atoms with Gasteiger partial charge >= 0.3 is 0 Å². The van der Waals surface area contributed by atoms with Gasteiger partial charge in [0, 0.05) is 29.8 Å². The van der Waals surface area contributed by atoms with Crippen molar-refractivity contribution in [3.05, 3.63) is 28.0 Å². The van der Waals surface area contributed by atoms with Crippen LogP contribution in [-0.2, 0) is 9.05 Å². The van der Waals surface area contributed by atoms with E-state index in [0.29, 0.717) is 6.54 Å². The van der Waals surface area contributed by atoms with E-state index in [1.54, 1.807) is 7.05 Å². The van der Waals surface area contributed by atoms with Crippen LogP contribution in [0.2, 0.25) is 0 Å². The molecule has 0 fully saturated rings. The van der Waals surface area contributed by atoms with Gasteiger partial charge in [-0.3, -0.25) is 4.79 Å². The Morgan fingerprint density at radius 1 is 1.48 bits per heavy atom. The molecule has 1 atom stereocenters. The Morgan fingerprint density at radius 3 is 2.52 bits per heavy atom. The fourth-order valence-electron chi connectivity index (χ4n) is 1.76. The van der Waals surface area contributed by atoms with Gasteiger partial charge < -0.3 is 4.90 Å². The molecule has 0 bridgehead atoms. The molecule has 0 N–H and O–H groups in total. The SMILES string of the molecule is CCC(C)CN(C)C(=O)c1cc(F)c(Br)c(S(=O)(=O)Cl)c1. The van der Waals surface area contributed by atoms with Crippen molar-refractivity contribution < 1.29 is 17.6 Å². The van der Waals surface area contributed by atoms with Gasteiger partial charge in [0.25, 0.3) is 15.0 Å². The molecular formula is C13H16BrClFNO3S. The number of rotatable bonds is 5. The zero-order chi connectivity index (χ0) is 16.4. The highest BCUT2D eigenvalue weighted by atomic mass is 79.9. The maximum absolute atomic E-state index is 13.8. The first-order valence-corrected chi connectivity index (χ1v) is 9.37.